The largest absolute Gasteiger partial charge is 0.464 e. The van der Waals surface area contributed by atoms with Crippen LogP contribution in [-0.4, -0.2) is 54.8 Å². The molecule has 0 aliphatic rings. The molecule has 0 unspecified atom stereocenters. The lowest BCUT2D eigenvalue weighted by Gasteiger charge is -2.21. The first kappa shape index (κ1) is 18.1. The molecule has 1 rings (SSSR count). The van der Waals surface area contributed by atoms with E-state index in [4.69, 9.17) is 14.6 Å². The highest BCUT2D eigenvalue weighted by Crippen LogP contribution is 2.01. The van der Waals surface area contributed by atoms with E-state index in [1.54, 1.807) is 6.92 Å². The SMILES string of the molecule is CCC(=O)OCCN(CCO)C(=O)COCc1ccccc1. The summed E-state index contributed by atoms with van der Waals surface area (Å²) in [6.45, 7) is 2.40. The Morgan fingerprint density at radius 3 is 2.55 bits per heavy atom. The first-order valence-corrected chi connectivity index (χ1v) is 7.33. The number of hydrogen-bond acceptors (Lipinski definition) is 5. The van der Waals surface area contributed by atoms with Gasteiger partial charge in [-0.05, 0) is 5.56 Å². The predicted octanol–water partition coefficient (Wildman–Crippen LogP) is 0.977. The zero-order valence-electron chi connectivity index (χ0n) is 12.9. The number of carbonyl (C=O) groups excluding carboxylic acids is 2. The number of amides is 1. The molecule has 22 heavy (non-hydrogen) atoms. The number of ether oxygens (including phenoxy) is 2. The number of aliphatic hydroxyl groups is 1. The average molecular weight is 309 g/mol. The normalized spacial score (nSPS) is 10.3. The van der Waals surface area contributed by atoms with Crippen molar-refractivity contribution in [3.05, 3.63) is 35.9 Å². The lowest BCUT2D eigenvalue weighted by Crippen LogP contribution is -2.38. The minimum Gasteiger partial charge on any atom is -0.464 e. The van der Waals surface area contributed by atoms with Gasteiger partial charge in [0, 0.05) is 13.0 Å². The molecule has 0 heterocycles. The fourth-order valence-corrected chi connectivity index (χ4v) is 1.78. The number of carbonyl (C=O) groups is 2. The maximum Gasteiger partial charge on any atom is 0.305 e. The summed E-state index contributed by atoms with van der Waals surface area (Å²) >= 11 is 0. The van der Waals surface area contributed by atoms with Crippen LogP contribution < -0.4 is 0 Å². The highest BCUT2D eigenvalue weighted by molar-refractivity contribution is 5.77. The molecule has 0 aromatic heterocycles. The van der Waals surface area contributed by atoms with E-state index in [0.29, 0.717) is 13.0 Å². The van der Waals surface area contributed by atoms with E-state index in [1.807, 2.05) is 30.3 Å². The molecule has 0 aliphatic carbocycles. The lowest BCUT2D eigenvalue weighted by atomic mass is 10.2. The van der Waals surface area contributed by atoms with Crippen molar-refractivity contribution in [2.24, 2.45) is 0 Å². The second kappa shape index (κ2) is 10.8. The number of esters is 1. The van der Waals surface area contributed by atoms with Crippen LogP contribution in [-0.2, 0) is 25.7 Å². The smallest absolute Gasteiger partial charge is 0.305 e. The van der Waals surface area contributed by atoms with Gasteiger partial charge in [0.05, 0.1) is 19.8 Å². The zero-order valence-corrected chi connectivity index (χ0v) is 12.9. The third-order valence-corrected chi connectivity index (χ3v) is 2.97. The molecular formula is C16H23NO5. The van der Waals surface area contributed by atoms with Gasteiger partial charge in [0.25, 0.3) is 0 Å². The molecule has 0 aliphatic heterocycles. The van der Waals surface area contributed by atoms with Gasteiger partial charge in [-0.2, -0.15) is 0 Å². The highest BCUT2D eigenvalue weighted by Gasteiger charge is 2.13. The molecule has 1 N–H and O–H groups in total. The van der Waals surface area contributed by atoms with Gasteiger partial charge >= 0.3 is 5.97 Å². The van der Waals surface area contributed by atoms with Gasteiger partial charge in [0.1, 0.15) is 13.2 Å². The first-order valence-electron chi connectivity index (χ1n) is 7.33. The number of rotatable bonds is 10. The Balaban J connectivity index is 2.32. The van der Waals surface area contributed by atoms with E-state index in [0.717, 1.165) is 5.56 Å². The highest BCUT2D eigenvalue weighted by atomic mass is 16.5. The lowest BCUT2D eigenvalue weighted by molar-refractivity contribution is -0.146. The summed E-state index contributed by atoms with van der Waals surface area (Å²) < 4.78 is 10.3. The molecule has 0 fully saturated rings. The van der Waals surface area contributed by atoms with Crippen molar-refractivity contribution in [2.45, 2.75) is 20.0 Å². The fraction of sp³-hybridized carbons (Fsp3) is 0.500. The number of nitrogens with zero attached hydrogens (tertiary/aromatic N) is 1. The molecule has 6 nitrogen and oxygen atoms in total. The molecule has 0 saturated heterocycles. The van der Waals surface area contributed by atoms with E-state index >= 15 is 0 Å². The Morgan fingerprint density at radius 1 is 1.18 bits per heavy atom. The second-order valence-electron chi connectivity index (χ2n) is 4.66. The third-order valence-electron chi connectivity index (χ3n) is 2.97. The van der Waals surface area contributed by atoms with Crippen LogP contribution in [0.1, 0.15) is 18.9 Å². The van der Waals surface area contributed by atoms with Crippen LogP contribution >= 0.6 is 0 Å². The molecule has 0 radical (unpaired) electrons. The van der Waals surface area contributed by atoms with Crippen LogP contribution in [0.25, 0.3) is 0 Å². The van der Waals surface area contributed by atoms with Crippen molar-refractivity contribution in [2.75, 3.05) is 32.9 Å². The van der Waals surface area contributed by atoms with E-state index in [1.165, 1.54) is 4.90 Å². The summed E-state index contributed by atoms with van der Waals surface area (Å²) in [6, 6.07) is 9.55. The van der Waals surface area contributed by atoms with Gasteiger partial charge in [0.2, 0.25) is 5.91 Å². The van der Waals surface area contributed by atoms with E-state index in [9.17, 15) is 9.59 Å². The molecule has 0 saturated carbocycles. The molecule has 0 spiro atoms. The molecule has 6 heteroatoms. The Hall–Kier alpha value is -1.92. The van der Waals surface area contributed by atoms with E-state index in [2.05, 4.69) is 0 Å². The first-order chi connectivity index (χ1) is 10.7. The summed E-state index contributed by atoms with van der Waals surface area (Å²) in [4.78, 5) is 24.5. The zero-order chi connectivity index (χ0) is 16.2. The summed E-state index contributed by atoms with van der Waals surface area (Å²) in [6.07, 6.45) is 0.300. The summed E-state index contributed by atoms with van der Waals surface area (Å²) in [7, 11) is 0. The van der Waals surface area contributed by atoms with Gasteiger partial charge in [0.15, 0.2) is 0 Å². The van der Waals surface area contributed by atoms with Crippen molar-refractivity contribution in [1.29, 1.82) is 0 Å². The maximum atomic E-state index is 12.0. The Bertz CT molecular complexity index is 449. The number of benzene rings is 1. The molecule has 0 atom stereocenters. The van der Waals surface area contributed by atoms with Gasteiger partial charge in [-0.1, -0.05) is 37.3 Å². The van der Waals surface area contributed by atoms with Crippen molar-refractivity contribution >= 4 is 11.9 Å². The van der Waals surface area contributed by atoms with Crippen LogP contribution in [0, 0.1) is 0 Å². The van der Waals surface area contributed by atoms with Crippen molar-refractivity contribution in [3.8, 4) is 0 Å². The number of aliphatic hydroxyl groups excluding tert-OH is 1. The Morgan fingerprint density at radius 2 is 1.91 bits per heavy atom. The number of hydrogen-bond donors (Lipinski definition) is 1. The molecule has 122 valence electrons. The third kappa shape index (κ3) is 7.19. The standard InChI is InChI=1S/C16H23NO5/c1-2-16(20)22-11-9-17(8-10-18)15(19)13-21-12-14-6-4-3-5-7-14/h3-7,18H,2,8-13H2,1H3. The summed E-state index contributed by atoms with van der Waals surface area (Å²) in [5.74, 6) is -0.547. The second-order valence-corrected chi connectivity index (χ2v) is 4.66. The van der Waals surface area contributed by atoms with Crippen LogP contribution in [0.5, 0.6) is 0 Å². The van der Waals surface area contributed by atoms with Gasteiger partial charge < -0.3 is 19.5 Å². The summed E-state index contributed by atoms with van der Waals surface area (Å²) in [5.41, 5.74) is 0.987. The summed E-state index contributed by atoms with van der Waals surface area (Å²) in [5, 5.41) is 9.00. The van der Waals surface area contributed by atoms with E-state index < -0.39 is 0 Å². The molecule has 0 bridgehead atoms. The Kier molecular flexibility index (Phi) is 8.86. The van der Waals surface area contributed by atoms with Gasteiger partial charge in [-0.3, -0.25) is 9.59 Å². The monoisotopic (exact) mass is 309 g/mol. The van der Waals surface area contributed by atoms with Crippen LogP contribution in [0.4, 0.5) is 0 Å². The average Bonchev–Trinajstić information content (AvgIpc) is 2.54. The minimum absolute atomic E-state index is 0.0728. The molecule has 1 aromatic rings. The van der Waals surface area contributed by atoms with E-state index in [-0.39, 0.29) is 44.8 Å². The van der Waals surface area contributed by atoms with Gasteiger partial charge in [-0.25, -0.2) is 0 Å². The quantitative estimate of drug-likeness (QED) is 0.652. The van der Waals surface area contributed by atoms with Crippen LogP contribution in [0.15, 0.2) is 30.3 Å². The van der Waals surface area contributed by atoms with Crippen molar-refractivity contribution < 1.29 is 24.2 Å². The molecule has 1 amide bonds. The Labute approximate surface area is 130 Å². The minimum atomic E-state index is -0.309. The molecular weight excluding hydrogens is 286 g/mol. The van der Waals surface area contributed by atoms with Crippen LogP contribution in [0.3, 0.4) is 0 Å². The van der Waals surface area contributed by atoms with Gasteiger partial charge in [-0.15, -0.1) is 0 Å². The van der Waals surface area contributed by atoms with Crippen LogP contribution in [0.2, 0.25) is 0 Å². The van der Waals surface area contributed by atoms with Crippen molar-refractivity contribution in [1.82, 2.24) is 4.90 Å². The maximum absolute atomic E-state index is 12.0. The predicted molar refractivity (Wildman–Crippen MR) is 81.0 cm³/mol. The topological polar surface area (TPSA) is 76.1 Å². The van der Waals surface area contributed by atoms with Crippen molar-refractivity contribution in [3.63, 3.8) is 0 Å². The molecule has 1 aromatic carbocycles. The fourth-order valence-electron chi connectivity index (χ4n) is 1.78.